The largest absolute Gasteiger partial charge is 0.522 e. The zero-order valence-corrected chi connectivity index (χ0v) is 17.3. The Bertz CT molecular complexity index is 935. The molecule has 8 heteroatoms. The van der Waals surface area contributed by atoms with Crippen LogP contribution in [0.4, 0.5) is 18.0 Å². The van der Waals surface area contributed by atoms with E-state index in [0.717, 1.165) is 27.2 Å². The third kappa shape index (κ3) is 4.90. The Morgan fingerprint density at radius 1 is 1.29 bits per heavy atom. The van der Waals surface area contributed by atoms with E-state index >= 15 is 0 Å². The highest BCUT2D eigenvalue weighted by molar-refractivity contribution is 5.87. The van der Waals surface area contributed by atoms with Gasteiger partial charge in [0.2, 0.25) is 0 Å². The summed E-state index contributed by atoms with van der Waals surface area (Å²) in [5.41, 5.74) is 3.85. The number of alkyl halides is 3. The van der Waals surface area contributed by atoms with Gasteiger partial charge in [0.1, 0.15) is 6.61 Å². The highest BCUT2D eigenvalue weighted by atomic mass is 19.4. The molecule has 1 aliphatic heterocycles. The molecule has 1 aromatic rings. The van der Waals surface area contributed by atoms with Gasteiger partial charge in [-0.05, 0) is 36.1 Å². The molecule has 2 aliphatic rings. The van der Waals surface area contributed by atoms with Crippen molar-refractivity contribution in [2.45, 2.75) is 44.7 Å². The standard InChI is InChI=1S/C23H24F3NO4/c1-4-8-17-16(5-2)18-9-6-7-10-19(18)20(17)13-30-22(29)27-12-15(31-23(24,25)26)11-21(27)14(3)28/h4-10,15,20-21H,2,11-13H2,1,3H3/b8-4-/t15-,20?,21-/m0/s1. The second-order valence-electron chi connectivity index (χ2n) is 7.49. The highest BCUT2D eigenvalue weighted by Crippen LogP contribution is 2.43. The Balaban J connectivity index is 1.76. The van der Waals surface area contributed by atoms with Crippen molar-refractivity contribution in [3.05, 3.63) is 65.8 Å². The number of ether oxygens (including phenoxy) is 2. The molecule has 31 heavy (non-hydrogen) atoms. The molecule has 1 amide bonds. The van der Waals surface area contributed by atoms with E-state index in [2.05, 4.69) is 11.3 Å². The van der Waals surface area contributed by atoms with Crippen LogP contribution in [0.1, 0.15) is 37.3 Å². The summed E-state index contributed by atoms with van der Waals surface area (Å²) in [6, 6.07) is 6.69. The first kappa shape index (κ1) is 22.8. The molecule has 0 N–H and O–H groups in total. The molecule has 1 aromatic carbocycles. The molecule has 1 saturated heterocycles. The summed E-state index contributed by atoms with van der Waals surface area (Å²) in [7, 11) is 0. The predicted molar refractivity (Wildman–Crippen MR) is 109 cm³/mol. The van der Waals surface area contributed by atoms with Gasteiger partial charge in [0, 0.05) is 12.3 Å². The lowest BCUT2D eigenvalue weighted by Crippen LogP contribution is -2.40. The molecule has 0 bridgehead atoms. The summed E-state index contributed by atoms with van der Waals surface area (Å²) < 4.78 is 47.3. The summed E-state index contributed by atoms with van der Waals surface area (Å²) in [5, 5.41) is 0. The van der Waals surface area contributed by atoms with Gasteiger partial charge < -0.3 is 4.74 Å². The number of benzene rings is 1. The average Bonchev–Trinajstić information content (AvgIpc) is 3.24. The van der Waals surface area contributed by atoms with Crippen LogP contribution in [0, 0.1) is 0 Å². The average molecular weight is 435 g/mol. The van der Waals surface area contributed by atoms with E-state index in [-0.39, 0.29) is 25.5 Å². The van der Waals surface area contributed by atoms with Crippen LogP contribution in [-0.2, 0) is 14.3 Å². The van der Waals surface area contributed by atoms with Gasteiger partial charge in [-0.2, -0.15) is 0 Å². The number of amides is 1. The zero-order valence-electron chi connectivity index (χ0n) is 17.3. The number of ketones is 1. The summed E-state index contributed by atoms with van der Waals surface area (Å²) in [6.07, 6.45) is -1.64. The number of rotatable bonds is 6. The lowest BCUT2D eigenvalue weighted by molar-refractivity contribution is -0.340. The molecule has 1 unspecified atom stereocenters. The summed E-state index contributed by atoms with van der Waals surface area (Å²) in [6.45, 7) is 6.62. The second-order valence-corrected chi connectivity index (χ2v) is 7.49. The second kappa shape index (κ2) is 9.09. The van der Waals surface area contributed by atoms with Crippen molar-refractivity contribution in [2.24, 2.45) is 0 Å². The molecule has 1 fully saturated rings. The fourth-order valence-corrected chi connectivity index (χ4v) is 4.25. The third-order valence-corrected chi connectivity index (χ3v) is 5.50. The summed E-state index contributed by atoms with van der Waals surface area (Å²) in [5.74, 6) is -0.662. The van der Waals surface area contributed by atoms with E-state index in [4.69, 9.17) is 4.74 Å². The molecule has 166 valence electrons. The molecule has 5 nitrogen and oxygen atoms in total. The van der Waals surface area contributed by atoms with Crippen LogP contribution < -0.4 is 0 Å². The van der Waals surface area contributed by atoms with Gasteiger partial charge >= 0.3 is 12.5 Å². The van der Waals surface area contributed by atoms with E-state index in [9.17, 15) is 22.8 Å². The van der Waals surface area contributed by atoms with Crippen molar-refractivity contribution in [1.82, 2.24) is 4.90 Å². The van der Waals surface area contributed by atoms with Crippen LogP contribution in [-0.4, -0.2) is 48.4 Å². The first-order chi connectivity index (χ1) is 14.7. The minimum atomic E-state index is -4.84. The number of Topliss-reactive ketones (excluding diaryl/α,β-unsaturated/α-hetero) is 1. The van der Waals surface area contributed by atoms with E-state index in [1.54, 1.807) is 6.08 Å². The number of likely N-dealkylation sites (tertiary alicyclic amines) is 1. The fraction of sp³-hybridized carbons (Fsp3) is 0.391. The quantitative estimate of drug-likeness (QED) is 0.631. The van der Waals surface area contributed by atoms with Crippen molar-refractivity contribution in [3.8, 4) is 0 Å². The molecule has 1 heterocycles. The molecule has 3 atom stereocenters. The smallest absolute Gasteiger partial charge is 0.448 e. The fourth-order valence-electron chi connectivity index (χ4n) is 4.25. The predicted octanol–water partition coefficient (Wildman–Crippen LogP) is 5.00. The Morgan fingerprint density at radius 2 is 2.00 bits per heavy atom. The number of fused-ring (bicyclic) bond motifs is 1. The molecule has 1 aliphatic carbocycles. The van der Waals surface area contributed by atoms with Crippen LogP contribution in [0.2, 0.25) is 0 Å². The normalized spacial score (nSPS) is 23.4. The lowest BCUT2D eigenvalue weighted by Gasteiger charge is -2.23. The Hall–Kier alpha value is -2.87. The SMILES string of the molecule is C=CC1=C(/C=C\C)C(COC(=O)N2C[C@@H](OC(F)(F)F)C[C@H]2C(C)=O)c2ccccc21. The van der Waals surface area contributed by atoms with Crippen LogP contribution in [0.3, 0.4) is 0 Å². The molecule has 0 radical (unpaired) electrons. The zero-order chi connectivity index (χ0) is 22.8. The topological polar surface area (TPSA) is 55.8 Å². The van der Waals surface area contributed by atoms with Gasteiger partial charge in [-0.25, -0.2) is 4.79 Å². The van der Waals surface area contributed by atoms with Crippen LogP contribution in [0.15, 0.2) is 54.6 Å². The maximum atomic E-state index is 12.7. The van der Waals surface area contributed by atoms with Crippen molar-refractivity contribution in [2.75, 3.05) is 13.2 Å². The van der Waals surface area contributed by atoms with E-state index in [0.29, 0.717) is 0 Å². The number of carbonyl (C=O) groups excluding carboxylic acids is 2. The minimum absolute atomic E-state index is 0.0151. The highest BCUT2D eigenvalue weighted by Gasteiger charge is 2.44. The van der Waals surface area contributed by atoms with Crippen LogP contribution >= 0.6 is 0 Å². The van der Waals surface area contributed by atoms with Crippen molar-refractivity contribution >= 4 is 17.4 Å². The molecular formula is C23H24F3NO4. The molecule has 0 aromatic heterocycles. The van der Waals surface area contributed by atoms with Gasteiger partial charge in [-0.3, -0.25) is 14.4 Å². The Morgan fingerprint density at radius 3 is 2.61 bits per heavy atom. The van der Waals surface area contributed by atoms with Gasteiger partial charge in [-0.1, -0.05) is 49.1 Å². The van der Waals surface area contributed by atoms with Gasteiger partial charge in [0.15, 0.2) is 5.78 Å². The van der Waals surface area contributed by atoms with E-state index in [1.165, 1.54) is 6.92 Å². The Kier molecular flexibility index (Phi) is 6.69. The van der Waals surface area contributed by atoms with Crippen LogP contribution in [0.25, 0.3) is 5.57 Å². The van der Waals surface area contributed by atoms with Gasteiger partial charge in [-0.15, -0.1) is 13.2 Å². The van der Waals surface area contributed by atoms with Crippen LogP contribution in [0.5, 0.6) is 0 Å². The number of allylic oxidation sites excluding steroid dienone is 4. The maximum Gasteiger partial charge on any atom is 0.522 e. The molecule has 0 saturated carbocycles. The summed E-state index contributed by atoms with van der Waals surface area (Å²) >= 11 is 0. The maximum absolute atomic E-state index is 12.7. The number of hydrogen-bond donors (Lipinski definition) is 0. The van der Waals surface area contributed by atoms with Crippen molar-refractivity contribution < 1.29 is 32.2 Å². The number of nitrogens with zero attached hydrogens (tertiary/aromatic N) is 1. The summed E-state index contributed by atoms with van der Waals surface area (Å²) in [4.78, 5) is 25.6. The molecule has 0 spiro atoms. The van der Waals surface area contributed by atoms with Gasteiger partial charge in [0.25, 0.3) is 0 Å². The monoisotopic (exact) mass is 435 g/mol. The van der Waals surface area contributed by atoms with Gasteiger partial charge in [0.05, 0.1) is 18.7 Å². The molecular weight excluding hydrogens is 411 g/mol. The number of hydrogen-bond acceptors (Lipinski definition) is 4. The Labute approximate surface area is 178 Å². The van der Waals surface area contributed by atoms with E-state index in [1.807, 2.05) is 43.3 Å². The third-order valence-electron chi connectivity index (χ3n) is 5.50. The van der Waals surface area contributed by atoms with Crippen molar-refractivity contribution in [3.63, 3.8) is 0 Å². The minimum Gasteiger partial charge on any atom is -0.448 e. The molecule has 3 rings (SSSR count). The number of halogens is 3. The van der Waals surface area contributed by atoms with E-state index < -0.39 is 30.4 Å². The first-order valence-electron chi connectivity index (χ1n) is 9.93. The first-order valence-corrected chi connectivity index (χ1v) is 9.93. The number of carbonyl (C=O) groups is 2. The lowest BCUT2D eigenvalue weighted by atomic mass is 9.96. The van der Waals surface area contributed by atoms with Crippen molar-refractivity contribution in [1.29, 1.82) is 0 Å².